The van der Waals surface area contributed by atoms with E-state index in [1.807, 2.05) is 30.3 Å². The zero-order valence-corrected chi connectivity index (χ0v) is 14.8. The van der Waals surface area contributed by atoms with Crippen molar-refractivity contribution in [3.63, 3.8) is 0 Å². The Kier molecular flexibility index (Phi) is 3.91. The molecule has 5 rings (SSSR count). The van der Waals surface area contributed by atoms with Gasteiger partial charge in [0.2, 0.25) is 0 Å². The summed E-state index contributed by atoms with van der Waals surface area (Å²) < 4.78 is 22.6. The number of para-hydroxylation sites is 1. The molecular formula is C20H17FN6O. The third kappa shape index (κ3) is 2.74. The quantitative estimate of drug-likeness (QED) is 0.569. The van der Waals surface area contributed by atoms with Crippen LogP contribution in [0.4, 0.5) is 10.2 Å². The summed E-state index contributed by atoms with van der Waals surface area (Å²) in [5.41, 5.74) is 7.51. The van der Waals surface area contributed by atoms with E-state index < -0.39 is 5.82 Å². The van der Waals surface area contributed by atoms with Crippen molar-refractivity contribution in [2.75, 3.05) is 18.8 Å². The highest BCUT2D eigenvalue weighted by atomic mass is 19.1. The van der Waals surface area contributed by atoms with E-state index in [1.165, 1.54) is 12.4 Å². The van der Waals surface area contributed by atoms with Crippen LogP contribution in [-0.2, 0) is 0 Å². The van der Waals surface area contributed by atoms with E-state index in [0.29, 0.717) is 33.8 Å². The number of anilines is 1. The molecule has 0 bridgehead atoms. The molecule has 8 heteroatoms. The molecule has 3 N–H and O–H groups in total. The van der Waals surface area contributed by atoms with Crippen LogP contribution >= 0.6 is 0 Å². The highest BCUT2D eigenvalue weighted by molar-refractivity contribution is 5.98. The van der Waals surface area contributed by atoms with Crippen molar-refractivity contribution in [3.05, 3.63) is 60.7 Å². The predicted molar refractivity (Wildman–Crippen MR) is 104 cm³/mol. The molecule has 0 spiro atoms. The minimum atomic E-state index is -0.424. The minimum Gasteiger partial charge on any atom is -0.457 e. The third-order valence-corrected chi connectivity index (χ3v) is 4.81. The first kappa shape index (κ1) is 16.6. The lowest BCUT2D eigenvalue weighted by molar-refractivity contribution is 0.322. The number of nitrogen functional groups attached to an aromatic ring is 1. The van der Waals surface area contributed by atoms with Crippen LogP contribution in [-0.4, -0.2) is 32.8 Å². The Labute approximate surface area is 160 Å². The summed E-state index contributed by atoms with van der Waals surface area (Å²) in [6.07, 6.45) is 1.37. The maximum absolute atomic E-state index is 15.1. The Bertz CT molecular complexity index is 1160. The second-order valence-electron chi connectivity index (χ2n) is 6.62. The molecule has 1 aliphatic rings. The molecule has 1 fully saturated rings. The molecule has 1 saturated heterocycles. The van der Waals surface area contributed by atoms with Crippen LogP contribution < -0.4 is 15.8 Å². The Morgan fingerprint density at radius 3 is 2.61 bits per heavy atom. The van der Waals surface area contributed by atoms with E-state index in [4.69, 9.17) is 10.5 Å². The molecule has 3 heterocycles. The van der Waals surface area contributed by atoms with Crippen molar-refractivity contribution >= 4 is 16.9 Å². The molecule has 4 aromatic rings. The lowest BCUT2D eigenvalue weighted by Crippen LogP contribution is -2.44. The molecular weight excluding hydrogens is 359 g/mol. The maximum Gasteiger partial charge on any atom is 0.187 e. The highest BCUT2D eigenvalue weighted by Gasteiger charge is 2.28. The van der Waals surface area contributed by atoms with E-state index in [0.717, 1.165) is 13.1 Å². The standard InChI is InChI=1S/C20H17FN6O/c21-16-8-14(28-13-4-2-1-3-5-13)6-7-15(16)18-17-19(22)24-11-25-20(17)26-27(18)12-9-23-10-12/h1-8,11-12,23H,9-10H2,(H2,22,24,25,26). The summed E-state index contributed by atoms with van der Waals surface area (Å²) in [5, 5.41) is 8.32. The highest BCUT2D eigenvalue weighted by Crippen LogP contribution is 2.36. The van der Waals surface area contributed by atoms with Crippen molar-refractivity contribution in [1.29, 1.82) is 0 Å². The van der Waals surface area contributed by atoms with Gasteiger partial charge in [0, 0.05) is 24.7 Å². The number of nitrogens with zero attached hydrogens (tertiary/aromatic N) is 4. The lowest BCUT2D eigenvalue weighted by Gasteiger charge is -2.29. The molecule has 2 aromatic heterocycles. The Morgan fingerprint density at radius 1 is 1.07 bits per heavy atom. The summed E-state index contributed by atoms with van der Waals surface area (Å²) >= 11 is 0. The van der Waals surface area contributed by atoms with E-state index >= 15 is 4.39 Å². The van der Waals surface area contributed by atoms with Gasteiger partial charge in [0.25, 0.3) is 0 Å². The molecule has 140 valence electrons. The number of aromatic nitrogens is 4. The molecule has 28 heavy (non-hydrogen) atoms. The smallest absolute Gasteiger partial charge is 0.187 e. The fourth-order valence-electron chi connectivity index (χ4n) is 3.30. The monoisotopic (exact) mass is 376 g/mol. The number of halogens is 1. The van der Waals surface area contributed by atoms with E-state index in [1.54, 1.807) is 16.8 Å². The summed E-state index contributed by atoms with van der Waals surface area (Å²) in [7, 11) is 0. The first-order valence-electron chi connectivity index (χ1n) is 8.93. The molecule has 2 aromatic carbocycles. The van der Waals surface area contributed by atoms with Crippen molar-refractivity contribution < 1.29 is 9.13 Å². The van der Waals surface area contributed by atoms with Gasteiger partial charge in [-0.15, -0.1) is 0 Å². The molecule has 0 atom stereocenters. The normalized spacial score (nSPS) is 14.2. The summed E-state index contributed by atoms with van der Waals surface area (Å²) in [4.78, 5) is 8.27. The zero-order chi connectivity index (χ0) is 19.1. The molecule has 0 radical (unpaired) electrons. The number of nitrogens with one attached hydrogen (secondary N) is 1. The van der Waals surface area contributed by atoms with Gasteiger partial charge in [0.15, 0.2) is 5.65 Å². The zero-order valence-electron chi connectivity index (χ0n) is 14.8. The number of benzene rings is 2. The molecule has 0 amide bonds. The van der Waals surface area contributed by atoms with Gasteiger partial charge in [0.1, 0.15) is 29.5 Å². The van der Waals surface area contributed by atoms with Gasteiger partial charge in [-0.1, -0.05) is 18.2 Å². The fourth-order valence-corrected chi connectivity index (χ4v) is 3.30. The van der Waals surface area contributed by atoms with Crippen LogP contribution in [0.2, 0.25) is 0 Å². The molecule has 0 saturated carbocycles. The van der Waals surface area contributed by atoms with Gasteiger partial charge in [-0.2, -0.15) is 5.10 Å². The third-order valence-electron chi connectivity index (χ3n) is 4.81. The van der Waals surface area contributed by atoms with E-state index in [2.05, 4.69) is 20.4 Å². The van der Waals surface area contributed by atoms with Crippen molar-refractivity contribution in [2.24, 2.45) is 0 Å². The van der Waals surface area contributed by atoms with Crippen LogP contribution in [0.1, 0.15) is 6.04 Å². The first-order valence-corrected chi connectivity index (χ1v) is 8.93. The first-order chi connectivity index (χ1) is 13.7. The second kappa shape index (κ2) is 6.58. The number of fused-ring (bicyclic) bond motifs is 1. The van der Waals surface area contributed by atoms with Gasteiger partial charge >= 0.3 is 0 Å². The van der Waals surface area contributed by atoms with E-state index in [-0.39, 0.29) is 11.9 Å². The fraction of sp³-hybridized carbons (Fsp3) is 0.150. The number of hydrogen-bond acceptors (Lipinski definition) is 6. The number of hydrogen-bond donors (Lipinski definition) is 2. The van der Waals surface area contributed by atoms with Gasteiger partial charge in [-0.3, -0.25) is 4.68 Å². The largest absolute Gasteiger partial charge is 0.457 e. The lowest BCUT2D eigenvalue weighted by atomic mass is 10.1. The Balaban J connectivity index is 1.62. The van der Waals surface area contributed by atoms with Crippen LogP contribution in [0.5, 0.6) is 11.5 Å². The van der Waals surface area contributed by atoms with Crippen molar-refractivity contribution in [1.82, 2.24) is 25.1 Å². The topological polar surface area (TPSA) is 90.9 Å². The van der Waals surface area contributed by atoms with Crippen molar-refractivity contribution in [3.8, 4) is 22.8 Å². The van der Waals surface area contributed by atoms with Crippen LogP contribution in [0.3, 0.4) is 0 Å². The summed E-state index contributed by atoms with van der Waals surface area (Å²) in [5.74, 6) is 0.912. The predicted octanol–water partition coefficient (Wildman–Crippen LogP) is 3.15. The average molecular weight is 376 g/mol. The van der Waals surface area contributed by atoms with Gasteiger partial charge < -0.3 is 15.8 Å². The van der Waals surface area contributed by atoms with Gasteiger partial charge in [-0.05, 0) is 24.3 Å². The maximum atomic E-state index is 15.1. The SMILES string of the molecule is Nc1ncnc2nn(C3CNC3)c(-c3ccc(Oc4ccccc4)cc3F)c12. The second-order valence-corrected chi connectivity index (χ2v) is 6.62. The average Bonchev–Trinajstić information content (AvgIpc) is 3.01. The van der Waals surface area contributed by atoms with Crippen LogP contribution in [0, 0.1) is 5.82 Å². The van der Waals surface area contributed by atoms with Gasteiger partial charge in [0.05, 0.1) is 17.1 Å². The van der Waals surface area contributed by atoms with E-state index in [9.17, 15) is 0 Å². The number of ether oxygens (including phenoxy) is 1. The van der Waals surface area contributed by atoms with Gasteiger partial charge in [-0.25, -0.2) is 14.4 Å². The summed E-state index contributed by atoms with van der Waals surface area (Å²) in [6, 6.07) is 14.1. The van der Waals surface area contributed by atoms with Crippen molar-refractivity contribution in [2.45, 2.75) is 6.04 Å². The molecule has 0 unspecified atom stereocenters. The molecule has 1 aliphatic heterocycles. The number of nitrogens with two attached hydrogens (primary N) is 1. The van der Waals surface area contributed by atoms with Crippen LogP contribution in [0.25, 0.3) is 22.3 Å². The summed E-state index contributed by atoms with van der Waals surface area (Å²) in [6.45, 7) is 1.51. The Hall–Kier alpha value is -3.52. The van der Waals surface area contributed by atoms with Crippen LogP contribution in [0.15, 0.2) is 54.9 Å². The minimum absolute atomic E-state index is 0.114. The molecule has 7 nitrogen and oxygen atoms in total. The molecule has 0 aliphatic carbocycles. The Morgan fingerprint density at radius 2 is 1.89 bits per heavy atom. The number of rotatable bonds is 4.